The Bertz CT molecular complexity index is 417. The monoisotopic (exact) mass is 320 g/mol. The van der Waals surface area contributed by atoms with E-state index >= 15 is 0 Å². The number of hydrogen-bond donors (Lipinski definition) is 3. The van der Waals surface area contributed by atoms with Crippen LogP contribution in [-0.2, 0) is 4.74 Å². The molecule has 0 aliphatic carbocycles. The number of carbonyl (C=O) groups is 1. The quantitative estimate of drug-likeness (QED) is 0.773. The third-order valence-corrected chi connectivity index (χ3v) is 2.73. The van der Waals surface area contributed by atoms with Crippen molar-refractivity contribution in [3.05, 3.63) is 28.5 Å². The number of anilines is 1. The van der Waals surface area contributed by atoms with E-state index < -0.39 is 18.0 Å². The number of urea groups is 1. The van der Waals surface area contributed by atoms with Gasteiger partial charge in [-0.15, -0.1) is 0 Å². The third-order valence-electron chi connectivity index (χ3n) is 2.03. The van der Waals surface area contributed by atoms with E-state index in [-0.39, 0.29) is 13.2 Å². The summed E-state index contributed by atoms with van der Waals surface area (Å²) in [4.78, 5) is 11.5. The van der Waals surface area contributed by atoms with Crippen molar-refractivity contribution in [2.24, 2.45) is 0 Å². The second-order valence-corrected chi connectivity index (χ2v) is 4.42. The predicted molar refractivity (Wildman–Crippen MR) is 69.0 cm³/mol. The van der Waals surface area contributed by atoms with Gasteiger partial charge in [-0.25, -0.2) is 9.18 Å². The fourth-order valence-electron chi connectivity index (χ4n) is 1.22. The van der Waals surface area contributed by atoms with Crippen LogP contribution in [0.15, 0.2) is 22.7 Å². The van der Waals surface area contributed by atoms with E-state index in [9.17, 15) is 14.3 Å². The van der Waals surface area contributed by atoms with Crippen LogP contribution in [-0.4, -0.2) is 37.5 Å². The number of aliphatic hydroxyl groups is 1. The standard InChI is InChI=1S/C11H14BrFN2O3/c1-18-6-8(16)5-14-11(17)15-10-4-7(13)2-3-9(10)12/h2-4,8,16H,5-6H2,1H3,(H2,14,15,17). The molecule has 0 saturated heterocycles. The molecule has 1 aromatic carbocycles. The van der Waals surface area contributed by atoms with Gasteiger partial charge in [0.1, 0.15) is 5.82 Å². The number of methoxy groups -OCH3 is 1. The number of benzene rings is 1. The molecular formula is C11H14BrFN2O3. The summed E-state index contributed by atoms with van der Waals surface area (Å²) in [5, 5.41) is 14.2. The molecule has 0 spiro atoms. The van der Waals surface area contributed by atoms with Gasteiger partial charge in [0, 0.05) is 18.1 Å². The highest BCUT2D eigenvalue weighted by molar-refractivity contribution is 9.10. The van der Waals surface area contributed by atoms with Crippen LogP contribution in [0.25, 0.3) is 0 Å². The van der Waals surface area contributed by atoms with Crippen LogP contribution in [0.2, 0.25) is 0 Å². The average molecular weight is 321 g/mol. The number of halogens is 2. The van der Waals surface area contributed by atoms with Gasteiger partial charge in [-0.1, -0.05) is 0 Å². The molecule has 100 valence electrons. The molecule has 1 unspecified atom stereocenters. The van der Waals surface area contributed by atoms with E-state index in [0.29, 0.717) is 10.2 Å². The van der Waals surface area contributed by atoms with Crippen LogP contribution in [0.4, 0.5) is 14.9 Å². The lowest BCUT2D eigenvalue weighted by Crippen LogP contribution is -2.37. The van der Waals surface area contributed by atoms with E-state index in [1.165, 1.54) is 25.3 Å². The molecule has 0 radical (unpaired) electrons. The summed E-state index contributed by atoms with van der Waals surface area (Å²) in [6.07, 6.45) is -0.781. The number of ether oxygens (including phenoxy) is 1. The van der Waals surface area contributed by atoms with Crippen molar-refractivity contribution in [3.63, 3.8) is 0 Å². The zero-order valence-electron chi connectivity index (χ0n) is 9.74. The molecule has 0 heterocycles. The highest BCUT2D eigenvalue weighted by Gasteiger charge is 2.08. The number of aliphatic hydroxyl groups excluding tert-OH is 1. The molecule has 1 atom stereocenters. The Labute approximate surface area is 112 Å². The Morgan fingerprint density at radius 3 is 3.00 bits per heavy atom. The van der Waals surface area contributed by atoms with Crippen molar-refractivity contribution in [2.75, 3.05) is 25.6 Å². The lowest BCUT2D eigenvalue weighted by Gasteiger charge is -2.12. The molecule has 0 aromatic heterocycles. The topological polar surface area (TPSA) is 70.6 Å². The second-order valence-electron chi connectivity index (χ2n) is 3.57. The summed E-state index contributed by atoms with van der Waals surface area (Å²) in [7, 11) is 1.45. The van der Waals surface area contributed by atoms with Crippen molar-refractivity contribution in [1.29, 1.82) is 0 Å². The van der Waals surface area contributed by atoms with Crippen LogP contribution in [0, 0.1) is 5.82 Å². The summed E-state index contributed by atoms with van der Waals surface area (Å²) < 4.78 is 18.2. The number of hydrogen-bond acceptors (Lipinski definition) is 3. The van der Waals surface area contributed by atoms with E-state index in [0.717, 1.165) is 0 Å². The van der Waals surface area contributed by atoms with E-state index in [1.807, 2.05) is 0 Å². The minimum atomic E-state index is -0.781. The summed E-state index contributed by atoms with van der Waals surface area (Å²) in [6, 6.07) is 3.42. The second kappa shape index (κ2) is 7.30. The largest absolute Gasteiger partial charge is 0.389 e. The number of nitrogens with one attached hydrogen (secondary N) is 2. The molecule has 0 fully saturated rings. The maximum atomic E-state index is 13.0. The van der Waals surface area contributed by atoms with Crippen molar-refractivity contribution in [2.45, 2.75) is 6.10 Å². The Morgan fingerprint density at radius 1 is 1.61 bits per heavy atom. The number of carbonyl (C=O) groups excluding carboxylic acids is 1. The van der Waals surface area contributed by atoms with Gasteiger partial charge in [0.15, 0.2) is 0 Å². The highest BCUT2D eigenvalue weighted by Crippen LogP contribution is 2.22. The SMILES string of the molecule is COCC(O)CNC(=O)Nc1cc(F)ccc1Br. The lowest BCUT2D eigenvalue weighted by molar-refractivity contribution is 0.0663. The van der Waals surface area contributed by atoms with E-state index in [1.54, 1.807) is 0 Å². The van der Waals surface area contributed by atoms with Crippen LogP contribution in [0.5, 0.6) is 0 Å². The molecule has 5 nitrogen and oxygen atoms in total. The van der Waals surface area contributed by atoms with Crippen molar-refractivity contribution < 1.29 is 19.0 Å². The molecule has 7 heteroatoms. The number of rotatable bonds is 5. The predicted octanol–water partition coefficient (Wildman–Crippen LogP) is 1.72. The van der Waals surface area contributed by atoms with Crippen molar-refractivity contribution >= 4 is 27.6 Å². The maximum Gasteiger partial charge on any atom is 0.319 e. The smallest absolute Gasteiger partial charge is 0.319 e. The minimum Gasteiger partial charge on any atom is -0.389 e. The van der Waals surface area contributed by atoms with Gasteiger partial charge >= 0.3 is 6.03 Å². The molecule has 2 amide bonds. The zero-order valence-corrected chi connectivity index (χ0v) is 11.3. The molecule has 0 aliphatic heterocycles. The van der Waals surface area contributed by atoms with Crippen LogP contribution in [0.3, 0.4) is 0 Å². The Balaban J connectivity index is 2.47. The molecule has 1 rings (SSSR count). The van der Waals surface area contributed by atoms with Crippen LogP contribution >= 0.6 is 15.9 Å². The van der Waals surface area contributed by atoms with Crippen molar-refractivity contribution in [1.82, 2.24) is 5.32 Å². The van der Waals surface area contributed by atoms with Gasteiger partial charge in [0.05, 0.1) is 18.4 Å². The first-order valence-electron chi connectivity index (χ1n) is 5.20. The zero-order chi connectivity index (χ0) is 13.5. The van der Waals surface area contributed by atoms with Crippen molar-refractivity contribution in [3.8, 4) is 0 Å². The summed E-state index contributed by atoms with van der Waals surface area (Å²) >= 11 is 3.19. The molecule has 0 saturated carbocycles. The molecule has 3 N–H and O–H groups in total. The molecule has 18 heavy (non-hydrogen) atoms. The molecule has 1 aromatic rings. The van der Waals surface area contributed by atoms with E-state index in [2.05, 4.69) is 26.6 Å². The van der Waals surface area contributed by atoms with Gasteiger partial charge in [-0.05, 0) is 34.1 Å². The lowest BCUT2D eigenvalue weighted by atomic mass is 10.3. The van der Waals surface area contributed by atoms with Crippen LogP contribution < -0.4 is 10.6 Å². The Morgan fingerprint density at radius 2 is 2.33 bits per heavy atom. The summed E-state index contributed by atoms with van der Waals surface area (Å²) in [6.45, 7) is 0.177. The Kier molecular flexibility index (Phi) is 6.03. The first-order chi connectivity index (χ1) is 8.52. The fourth-order valence-corrected chi connectivity index (χ4v) is 1.57. The van der Waals surface area contributed by atoms with Gasteiger partial charge in [-0.3, -0.25) is 0 Å². The normalized spacial score (nSPS) is 12.0. The van der Waals surface area contributed by atoms with Gasteiger partial charge in [0.2, 0.25) is 0 Å². The van der Waals surface area contributed by atoms with E-state index in [4.69, 9.17) is 4.74 Å². The molecule has 0 bridgehead atoms. The number of amides is 2. The molecular weight excluding hydrogens is 307 g/mol. The van der Waals surface area contributed by atoms with Gasteiger partial charge < -0.3 is 20.5 Å². The van der Waals surface area contributed by atoms with Crippen LogP contribution in [0.1, 0.15) is 0 Å². The summed E-state index contributed by atoms with van der Waals surface area (Å²) in [5.41, 5.74) is 0.314. The molecule has 0 aliphatic rings. The fraction of sp³-hybridized carbons (Fsp3) is 0.364. The Hall–Kier alpha value is -1.18. The summed E-state index contributed by atoms with van der Waals surface area (Å²) in [5.74, 6) is -0.451. The van der Waals surface area contributed by atoms with Gasteiger partial charge in [0.25, 0.3) is 0 Å². The van der Waals surface area contributed by atoms with Gasteiger partial charge in [-0.2, -0.15) is 0 Å². The maximum absolute atomic E-state index is 13.0. The first-order valence-corrected chi connectivity index (χ1v) is 5.99. The first kappa shape index (κ1) is 14.9. The third kappa shape index (κ3) is 4.99. The minimum absolute atomic E-state index is 0.0482. The average Bonchev–Trinajstić information content (AvgIpc) is 2.32. The highest BCUT2D eigenvalue weighted by atomic mass is 79.9.